The van der Waals surface area contributed by atoms with Gasteiger partial charge in [-0.05, 0) is 45.0 Å². The molecule has 2 heterocycles. The summed E-state index contributed by atoms with van der Waals surface area (Å²) in [5, 5.41) is 14.0. The van der Waals surface area contributed by atoms with Crippen molar-refractivity contribution >= 4 is 45.5 Å². The molecule has 1 unspecified atom stereocenters. The van der Waals surface area contributed by atoms with Crippen LogP contribution in [0.2, 0.25) is 0 Å². The summed E-state index contributed by atoms with van der Waals surface area (Å²) in [5.74, 6) is 0.730. The Kier molecular flexibility index (Phi) is 6.23. The van der Waals surface area contributed by atoms with Crippen LogP contribution >= 0.6 is 34.4 Å². The van der Waals surface area contributed by atoms with Gasteiger partial charge in [-0.3, -0.25) is 4.79 Å². The Bertz CT molecular complexity index is 876. The molecule has 0 aliphatic rings. The van der Waals surface area contributed by atoms with Crippen LogP contribution in [-0.2, 0) is 4.79 Å². The van der Waals surface area contributed by atoms with Crippen molar-refractivity contribution in [3.05, 3.63) is 34.7 Å². The molecule has 0 saturated heterocycles. The van der Waals surface area contributed by atoms with Crippen molar-refractivity contribution in [2.45, 2.75) is 30.4 Å². The zero-order valence-corrected chi connectivity index (χ0v) is 17.0. The summed E-state index contributed by atoms with van der Waals surface area (Å²) in [6, 6.07) is 7.75. The number of thioether (sulfide) groups is 1. The lowest BCUT2D eigenvalue weighted by Crippen LogP contribution is -2.22. The summed E-state index contributed by atoms with van der Waals surface area (Å²) in [6.45, 7) is 6.33. The Morgan fingerprint density at radius 1 is 1.31 bits per heavy atom. The maximum Gasteiger partial charge on any atom is 0.239 e. The van der Waals surface area contributed by atoms with E-state index in [9.17, 15) is 4.79 Å². The number of aromatic nitrogens is 3. The number of hydrogen-bond donors (Lipinski definition) is 1. The molecule has 0 aliphatic carbocycles. The van der Waals surface area contributed by atoms with Crippen LogP contribution in [0, 0.1) is 6.92 Å². The number of nitrogens with zero attached hydrogens (tertiary/aromatic N) is 3. The second kappa shape index (κ2) is 8.61. The number of carbonyl (C=O) groups is 1. The number of hydrogen-bond acceptors (Lipinski definition) is 8. The largest absolute Gasteiger partial charge is 0.494 e. The molecule has 26 heavy (non-hydrogen) atoms. The summed E-state index contributed by atoms with van der Waals surface area (Å²) in [4.78, 5) is 16.9. The number of thiazole rings is 1. The standard InChI is InChI=1S/C17H18N4O2S3/c1-4-23-13-7-5-12(6-8-13)14-9-24-16(18-14)19-15(22)10(2)25-17-21-20-11(3)26-17/h5-10H,4H2,1-3H3,(H,18,19,22). The smallest absolute Gasteiger partial charge is 0.239 e. The maximum atomic E-state index is 12.4. The van der Waals surface area contributed by atoms with E-state index >= 15 is 0 Å². The molecule has 1 amide bonds. The van der Waals surface area contributed by atoms with E-state index in [0.717, 1.165) is 26.4 Å². The molecule has 1 aromatic carbocycles. The van der Waals surface area contributed by atoms with Crippen molar-refractivity contribution in [3.63, 3.8) is 0 Å². The van der Waals surface area contributed by atoms with Gasteiger partial charge in [-0.1, -0.05) is 23.1 Å². The third kappa shape index (κ3) is 4.80. The minimum atomic E-state index is -0.278. The molecular formula is C17H18N4O2S3. The molecule has 1 N–H and O–H groups in total. The molecule has 0 radical (unpaired) electrons. The van der Waals surface area contributed by atoms with E-state index in [0.29, 0.717) is 11.7 Å². The predicted molar refractivity (Wildman–Crippen MR) is 107 cm³/mol. The fraction of sp³-hybridized carbons (Fsp3) is 0.294. The predicted octanol–water partition coefficient (Wildman–Crippen LogP) is 4.49. The highest BCUT2D eigenvalue weighted by atomic mass is 32.2. The first-order valence-corrected chi connectivity index (χ1v) is 10.6. The van der Waals surface area contributed by atoms with Gasteiger partial charge in [0.1, 0.15) is 10.8 Å². The van der Waals surface area contributed by atoms with Gasteiger partial charge in [0.15, 0.2) is 9.47 Å². The maximum absolute atomic E-state index is 12.4. The summed E-state index contributed by atoms with van der Waals surface area (Å²) < 4.78 is 6.24. The number of nitrogens with one attached hydrogen (secondary N) is 1. The number of amides is 1. The first-order chi connectivity index (χ1) is 12.5. The Balaban J connectivity index is 1.61. The van der Waals surface area contributed by atoms with Gasteiger partial charge in [-0.25, -0.2) is 4.98 Å². The second-order valence-electron chi connectivity index (χ2n) is 5.33. The number of anilines is 1. The van der Waals surface area contributed by atoms with Gasteiger partial charge in [0, 0.05) is 10.9 Å². The normalized spacial score (nSPS) is 12.0. The highest BCUT2D eigenvalue weighted by Gasteiger charge is 2.18. The molecule has 0 aliphatic heterocycles. The van der Waals surface area contributed by atoms with Gasteiger partial charge in [0.2, 0.25) is 5.91 Å². The second-order valence-corrected chi connectivity index (χ2v) is 8.96. The summed E-state index contributed by atoms with van der Waals surface area (Å²) >= 11 is 4.29. The molecular weight excluding hydrogens is 388 g/mol. The Morgan fingerprint density at radius 3 is 2.73 bits per heavy atom. The van der Waals surface area contributed by atoms with Crippen molar-refractivity contribution in [1.29, 1.82) is 0 Å². The molecule has 136 valence electrons. The van der Waals surface area contributed by atoms with E-state index < -0.39 is 0 Å². The van der Waals surface area contributed by atoms with Gasteiger partial charge >= 0.3 is 0 Å². The number of rotatable bonds is 7. The molecule has 1 atom stereocenters. The van der Waals surface area contributed by atoms with Crippen molar-refractivity contribution < 1.29 is 9.53 Å². The van der Waals surface area contributed by atoms with Crippen LogP contribution in [0.15, 0.2) is 34.0 Å². The van der Waals surface area contributed by atoms with E-state index in [1.807, 2.05) is 50.4 Å². The van der Waals surface area contributed by atoms with Crippen LogP contribution in [-0.4, -0.2) is 32.9 Å². The van der Waals surface area contributed by atoms with Gasteiger partial charge in [-0.15, -0.1) is 21.5 Å². The fourth-order valence-electron chi connectivity index (χ4n) is 2.09. The third-order valence-electron chi connectivity index (χ3n) is 3.35. The number of aryl methyl sites for hydroxylation is 1. The zero-order valence-electron chi connectivity index (χ0n) is 14.6. The quantitative estimate of drug-likeness (QED) is 0.583. The molecule has 0 bridgehead atoms. The van der Waals surface area contributed by atoms with Gasteiger partial charge < -0.3 is 10.1 Å². The molecule has 6 nitrogen and oxygen atoms in total. The number of ether oxygens (including phenoxy) is 1. The highest BCUT2D eigenvalue weighted by molar-refractivity contribution is 8.02. The molecule has 0 spiro atoms. The fourth-order valence-corrected chi connectivity index (χ4v) is 4.77. The lowest BCUT2D eigenvalue weighted by molar-refractivity contribution is -0.115. The lowest BCUT2D eigenvalue weighted by Gasteiger charge is -2.07. The van der Waals surface area contributed by atoms with Crippen molar-refractivity contribution in [1.82, 2.24) is 15.2 Å². The van der Waals surface area contributed by atoms with Crippen molar-refractivity contribution in [2.24, 2.45) is 0 Å². The Labute approximate surface area is 164 Å². The molecule has 0 saturated carbocycles. The zero-order chi connectivity index (χ0) is 18.5. The molecule has 0 fully saturated rings. The van der Waals surface area contributed by atoms with Crippen molar-refractivity contribution in [2.75, 3.05) is 11.9 Å². The Hall–Kier alpha value is -1.97. The first-order valence-electron chi connectivity index (χ1n) is 8.01. The average molecular weight is 407 g/mol. The topological polar surface area (TPSA) is 77.0 Å². The molecule has 3 aromatic rings. The SMILES string of the molecule is CCOc1ccc(-c2csc(NC(=O)C(C)Sc3nnc(C)s3)n2)cc1. The number of carbonyl (C=O) groups excluding carboxylic acids is 1. The monoisotopic (exact) mass is 406 g/mol. The lowest BCUT2D eigenvalue weighted by atomic mass is 10.2. The van der Waals surface area contributed by atoms with E-state index in [1.54, 1.807) is 0 Å². The minimum Gasteiger partial charge on any atom is -0.494 e. The molecule has 9 heteroatoms. The van der Waals surface area contributed by atoms with E-state index in [4.69, 9.17) is 4.74 Å². The molecule has 2 aromatic heterocycles. The minimum absolute atomic E-state index is 0.101. The van der Waals surface area contributed by atoms with Crippen LogP contribution in [0.25, 0.3) is 11.3 Å². The van der Waals surface area contributed by atoms with Crippen LogP contribution in [0.1, 0.15) is 18.9 Å². The first kappa shape index (κ1) is 18.8. The van der Waals surface area contributed by atoms with E-state index in [1.165, 1.54) is 34.4 Å². The highest BCUT2D eigenvalue weighted by Crippen LogP contribution is 2.29. The van der Waals surface area contributed by atoms with Gasteiger partial charge in [0.05, 0.1) is 17.6 Å². The third-order valence-corrected chi connectivity index (χ3v) is 6.13. The van der Waals surface area contributed by atoms with Crippen LogP contribution in [0.4, 0.5) is 5.13 Å². The Morgan fingerprint density at radius 2 is 2.08 bits per heavy atom. The van der Waals surface area contributed by atoms with E-state index in [2.05, 4.69) is 20.5 Å². The van der Waals surface area contributed by atoms with Gasteiger partial charge in [-0.2, -0.15) is 0 Å². The average Bonchev–Trinajstić information content (AvgIpc) is 3.25. The van der Waals surface area contributed by atoms with Crippen LogP contribution in [0.3, 0.4) is 0 Å². The summed E-state index contributed by atoms with van der Waals surface area (Å²) in [5.41, 5.74) is 1.81. The van der Waals surface area contributed by atoms with Crippen LogP contribution < -0.4 is 10.1 Å². The summed E-state index contributed by atoms with van der Waals surface area (Å²) in [6.07, 6.45) is 0. The summed E-state index contributed by atoms with van der Waals surface area (Å²) in [7, 11) is 0. The molecule has 3 rings (SSSR count). The van der Waals surface area contributed by atoms with Crippen molar-refractivity contribution in [3.8, 4) is 17.0 Å². The van der Waals surface area contributed by atoms with E-state index in [-0.39, 0.29) is 11.2 Å². The van der Waals surface area contributed by atoms with Gasteiger partial charge in [0.25, 0.3) is 0 Å². The number of benzene rings is 1. The van der Waals surface area contributed by atoms with Crippen LogP contribution in [0.5, 0.6) is 5.75 Å².